The van der Waals surface area contributed by atoms with Crippen LogP contribution in [0.4, 0.5) is 5.69 Å². The normalized spacial score (nSPS) is 15.2. The van der Waals surface area contributed by atoms with Crippen molar-refractivity contribution in [2.45, 2.75) is 59.9 Å². The molecule has 0 aliphatic carbocycles. The second kappa shape index (κ2) is 9.36. The van der Waals surface area contributed by atoms with Crippen molar-refractivity contribution in [3.8, 4) is 0 Å². The zero-order valence-corrected chi connectivity index (χ0v) is 17.7. The smallest absolute Gasteiger partial charge is 0.219 e. The molecule has 0 radical (unpaired) electrons. The largest absolute Gasteiger partial charge is 0.346 e. The van der Waals surface area contributed by atoms with E-state index < -0.39 is 0 Å². The van der Waals surface area contributed by atoms with Gasteiger partial charge in [-0.3, -0.25) is 4.79 Å². The van der Waals surface area contributed by atoms with Crippen LogP contribution >= 0.6 is 12.2 Å². The minimum Gasteiger partial charge on any atom is -0.346 e. The quantitative estimate of drug-likeness (QED) is 0.776. The minimum absolute atomic E-state index is 0.174. The molecule has 0 aromatic heterocycles. The van der Waals surface area contributed by atoms with Gasteiger partial charge < -0.3 is 15.1 Å². The molecule has 2 rings (SSSR count). The average Bonchev–Trinajstić information content (AvgIpc) is 2.59. The maximum Gasteiger partial charge on any atom is 0.219 e. The second-order valence-corrected chi connectivity index (χ2v) is 8.18. The van der Waals surface area contributed by atoms with E-state index in [-0.39, 0.29) is 5.91 Å². The first-order valence-corrected chi connectivity index (χ1v) is 10.1. The van der Waals surface area contributed by atoms with Crippen LogP contribution in [0, 0.1) is 19.8 Å². The third kappa shape index (κ3) is 5.44. The van der Waals surface area contributed by atoms with Gasteiger partial charge in [-0.05, 0) is 68.4 Å². The summed E-state index contributed by atoms with van der Waals surface area (Å²) in [5.74, 6) is 0.812. The first kappa shape index (κ1) is 20.7. The van der Waals surface area contributed by atoms with E-state index in [9.17, 15) is 4.79 Å². The van der Waals surface area contributed by atoms with Crippen molar-refractivity contribution in [2.75, 3.05) is 25.0 Å². The Morgan fingerprint density at radius 2 is 1.96 bits per heavy atom. The van der Waals surface area contributed by atoms with Crippen molar-refractivity contribution in [1.82, 2.24) is 9.80 Å². The standard InChI is InChI=1S/C21H33N3OS/c1-15(2)9-14-24(19-10-12-23(13-11-19)18(5)25)21(26)22-20-8-6-7-16(3)17(20)4/h6-8,15,19H,9-14H2,1-5H3,(H,22,26). The van der Waals surface area contributed by atoms with Crippen LogP contribution in [0.3, 0.4) is 0 Å². The molecule has 1 aliphatic rings. The number of nitrogens with zero attached hydrogens (tertiary/aromatic N) is 2. The van der Waals surface area contributed by atoms with Gasteiger partial charge in [-0.15, -0.1) is 0 Å². The first-order chi connectivity index (χ1) is 12.3. The Hall–Kier alpha value is -1.62. The Morgan fingerprint density at radius 3 is 2.54 bits per heavy atom. The van der Waals surface area contributed by atoms with Gasteiger partial charge in [0.05, 0.1) is 0 Å². The molecule has 0 saturated carbocycles. The van der Waals surface area contributed by atoms with Crippen molar-refractivity contribution < 1.29 is 4.79 Å². The lowest BCUT2D eigenvalue weighted by Gasteiger charge is -2.40. The molecule has 1 N–H and O–H groups in total. The summed E-state index contributed by atoms with van der Waals surface area (Å²) in [5, 5.41) is 4.29. The Bertz CT molecular complexity index is 636. The monoisotopic (exact) mass is 375 g/mol. The van der Waals surface area contributed by atoms with Crippen molar-refractivity contribution >= 4 is 28.9 Å². The van der Waals surface area contributed by atoms with Crippen LogP contribution in [0.15, 0.2) is 18.2 Å². The fourth-order valence-electron chi connectivity index (χ4n) is 3.41. The molecule has 1 amide bonds. The van der Waals surface area contributed by atoms with Crippen LogP contribution in [0.25, 0.3) is 0 Å². The number of carbonyl (C=O) groups is 1. The van der Waals surface area contributed by atoms with E-state index in [1.165, 1.54) is 11.1 Å². The van der Waals surface area contributed by atoms with Crippen molar-refractivity contribution in [3.63, 3.8) is 0 Å². The van der Waals surface area contributed by atoms with E-state index in [0.717, 1.165) is 49.7 Å². The number of hydrogen-bond acceptors (Lipinski definition) is 2. The highest BCUT2D eigenvalue weighted by Crippen LogP contribution is 2.22. The second-order valence-electron chi connectivity index (χ2n) is 7.79. The van der Waals surface area contributed by atoms with Gasteiger partial charge in [0.15, 0.2) is 5.11 Å². The van der Waals surface area contributed by atoms with E-state index in [4.69, 9.17) is 12.2 Å². The number of amides is 1. The number of piperidine rings is 1. The molecule has 26 heavy (non-hydrogen) atoms. The SMILES string of the molecule is CC(=O)N1CCC(N(CCC(C)C)C(=S)Nc2cccc(C)c2C)CC1. The summed E-state index contributed by atoms with van der Waals surface area (Å²) in [6, 6.07) is 6.68. The van der Waals surface area contributed by atoms with E-state index in [1.807, 2.05) is 4.90 Å². The number of benzene rings is 1. The average molecular weight is 376 g/mol. The van der Waals surface area contributed by atoms with Crippen LogP contribution < -0.4 is 5.32 Å². The summed E-state index contributed by atoms with van der Waals surface area (Å²) in [6.45, 7) is 13.0. The molecule has 1 heterocycles. The minimum atomic E-state index is 0.174. The highest BCUT2D eigenvalue weighted by atomic mass is 32.1. The Kier molecular flexibility index (Phi) is 7.44. The predicted molar refractivity (Wildman–Crippen MR) is 114 cm³/mol. The summed E-state index contributed by atoms with van der Waals surface area (Å²) in [6.07, 6.45) is 3.07. The number of carbonyl (C=O) groups excluding carboxylic acids is 1. The van der Waals surface area contributed by atoms with Crippen LogP contribution in [0.5, 0.6) is 0 Å². The van der Waals surface area contributed by atoms with Gasteiger partial charge in [0, 0.05) is 38.3 Å². The molecule has 0 atom stereocenters. The maximum atomic E-state index is 11.6. The number of aryl methyl sites for hydroxylation is 1. The third-order valence-electron chi connectivity index (χ3n) is 5.41. The highest BCUT2D eigenvalue weighted by molar-refractivity contribution is 7.80. The topological polar surface area (TPSA) is 35.6 Å². The number of thiocarbonyl (C=S) groups is 1. The van der Waals surface area contributed by atoms with Gasteiger partial charge in [0.2, 0.25) is 5.91 Å². The van der Waals surface area contributed by atoms with Crippen LogP contribution in [-0.2, 0) is 4.79 Å². The Labute approximate surface area is 163 Å². The molecule has 144 valence electrons. The van der Waals surface area contributed by atoms with E-state index in [1.54, 1.807) is 6.92 Å². The Morgan fingerprint density at radius 1 is 1.31 bits per heavy atom. The zero-order chi connectivity index (χ0) is 19.3. The van der Waals surface area contributed by atoms with Gasteiger partial charge in [0.1, 0.15) is 0 Å². The molecule has 0 spiro atoms. The zero-order valence-electron chi connectivity index (χ0n) is 16.8. The van der Waals surface area contributed by atoms with E-state index >= 15 is 0 Å². The number of nitrogens with one attached hydrogen (secondary N) is 1. The maximum absolute atomic E-state index is 11.6. The fourth-order valence-corrected chi connectivity index (χ4v) is 3.76. The fraction of sp³-hybridized carbons (Fsp3) is 0.619. The lowest BCUT2D eigenvalue weighted by atomic mass is 10.0. The van der Waals surface area contributed by atoms with Gasteiger partial charge in [-0.2, -0.15) is 0 Å². The summed E-state index contributed by atoms with van der Waals surface area (Å²) < 4.78 is 0. The molecule has 1 saturated heterocycles. The number of hydrogen-bond donors (Lipinski definition) is 1. The van der Waals surface area contributed by atoms with E-state index in [2.05, 4.69) is 56.1 Å². The molecule has 5 heteroatoms. The predicted octanol–water partition coefficient (Wildman–Crippen LogP) is 4.36. The first-order valence-electron chi connectivity index (χ1n) is 9.69. The molecule has 4 nitrogen and oxygen atoms in total. The van der Waals surface area contributed by atoms with Gasteiger partial charge >= 0.3 is 0 Å². The lowest BCUT2D eigenvalue weighted by molar-refractivity contribution is -0.130. The molecule has 1 fully saturated rings. The molecular formula is C21H33N3OS. The van der Waals surface area contributed by atoms with E-state index in [0.29, 0.717) is 12.0 Å². The van der Waals surface area contributed by atoms with Crippen LogP contribution in [0.1, 0.15) is 51.2 Å². The molecule has 0 bridgehead atoms. The molecule has 1 aromatic rings. The van der Waals surface area contributed by atoms with Gasteiger partial charge in [-0.25, -0.2) is 0 Å². The molecule has 1 aliphatic heterocycles. The molecule has 1 aromatic carbocycles. The lowest BCUT2D eigenvalue weighted by Crippen LogP contribution is -2.50. The number of likely N-dealkylation sites (tertiary alicyclic amines) is 1. The van der Waals surface area contributed by atoms with Crippen molar-refractivity contribution in [1.29, 1.82) is 0 Å². The summed E-state index contributed by atoms with van der Waals surface area (Å²) in [4.78, 5) is 15.9. The molecular weight excluding hydrogens is 342 g/mol. The highest BCUT2D eigenvalue weighted by Gasteiger charge is 2.27. The molecule has 0 unspecified atom stereocenters. The summed E-state index contributed by atoms with van der Waals surface area (Å²) >= 11 is 5.81. The third-order valence-corrected chi connectivity index (χ3v) is 5.74. The Balaban J connectivity index is 2.09. The van der Waals surface area contributed by atoms with Crippen LogP contribution in [-0.4, -0.2) is 46.5 Å². The van der Waals surface area contributed by atoms with Gasteiger partial charge in [-0.1, -0.05) is 26.0 Å². The number of anilines is 1. The van der Waals surface area contributed by atoms with Crippen LogP contribution in [0.2, 0.25) is 0 Å². The number of rotatable bonds is 5. The summed E-state index contributed by atoms with van der Waals surface area (Å²) in [5.41, 5.74) is 3.59. The van der Waals surface area contributed by atoms with Gasteiger partial charge in [0.25, 0.3) is 0 Å². The van der Waals surface area contributed by atoms with Crippen molar-refractivity contribution in [2.24, 2.45) is 5.92 Å². The summed E-state index contributed by atoms with van der Waals surface area (Å²) in [7, 11) is 0. The van der Waals surface area contributed by atoms with Crippen molar-refractivity contribution in [3.05, 3.63) is 29.3 Å².